The van der Waals surface area contributed by atoms with Gasteiger partial charge in [-0.25, -0.2) is 24.0 Å². The van der Waals surface area contributed by atoms with Gasteiger partial charge in [-0.2, -0.15) is 12.6 Å². The Morgan fingerprint density at radius 2 is 0.893 bits per heavy atom. The molecule has 56 heavy (non-hydrogen) atoms. The van der Waals surface area contributed by atoms with E-state index >= 15 is 0 Å². The summed E-state index contributed by atoms with van der Waals surface area (Å²) in [7, 11) is 0. The molecule has 0 aliphatic carbocycles. The van der Waals surface area contributed by atoms with Crippen LogP contribution in [0, 0.1) is 0 Å². The van der Waals surface area contributed by atoms with Gasteiger partial charge in [0.05, 0.1) is 6.42 Å². The van der Waals surface area contributed by atoms with Gasteiger partial charge in [0, 0.05) is 31.4 Å². The van der Waals surface area contributed by atoms with Crippen molar-refractivity contribution in [1.29, 1.82) is 0 Å². The molecule has 6 atom stereocenters. The molecular weight excluding hydrogens is 772 g/mol. The van der Waals surface area contributed by atoms with Gasteiger partial charge < -0.3 is 62.5 Å². The van der Waals surface area contributed by atoms with Crippen molar-refractivity contribution in [3.05, 3.63) is 35.9 Å². The van der Waals surface area contributed by atoms with Crippen LogP contribution < -0.4 is 31.9 Å². The minimum Gasteiger partial charge on any atom is -0.481 e. The smallest absolute Gasteiger partial charge is 0.327 e. The van der Waals surface area contributed by atoms with Crippen LogP contribution in [0.4, 0.5) is 4.79 Å². The van der Waals surface area contributed by atoms with E-state index in [9.17, 15) is 73.2 Å². The van der Waals surface area contributed by atoms with Crippen molar-refractivity contribution < 1.29 is 83.4 Å². The second-order valence-electron chi connectivity index (χ2n) is 11.9. The van der Waals surface area contributed by atoms with Gasteiger partial charge in [0.25, 0.3) is 0 Å². The molecule has 1 rings (SSSR count). The highest BCUT2D eigenvalue weighted by atomic mass is 32.1. The zero-order valence-corrected chi connectivity index (χ0v) is 30.2. The van der Waals surface area contributed by atoms with Crippen LogP contribution in [0.25, 0.3) is 0 Å². The molecule has 24 heteroatoms. The highest BCUT2D eigenvalue weighted by Gasteiger charge is 2.32. The number of rotatable bonds is 26. The summed E-state index contributed by atoms with van der Waals surface area (Å²) >= 11 is 3.88. The molecule has 0 aromatic heterocycles. The first-order valence-electron chi connectivity index (χ1n) is 16.5. The zero-order valence-electron chi connectivity index (χ0n) is 29.3. The van der Waals surface area contributed by atoms with E-state index in [4.69, 9.17) is 10.2 Å². The summed E-state index contributed by atoms with van der Waals surface area (Å²) in [4.78, 5) is 132. The zero-order chi connectivity index (χ0) is 42.5. The lowest BCUT2D eigenvalue weighted by atomic mass is 10.0. The van der Waals surface area contributed by atoms with E-state index in [1.54, 1.807) is 30.3 Å². The van der Waals surface area contributed by atoms with Gasteiger partial charge >= 0.3 is 41.8 Å². The van der Waals surface area contributed by atoms with Gasteiger partial charge in [0.15, 0.2) is 0 Å². The topological polar surface area (TPSA) is 381 Å². The molecule has 0 aliphatic rings. The van der Waals surface area contributed by atoms with Crippen LogP contribution in [0.5, 0.6) is 0 Å². The second kappa shape index (κ2) is 24.0. The molecule has 0 bridgehead atoms. The second-order valence-corrected chi connectivity index (χ2v) is 12.3. The Bertz CT molecular complexity index is 1630. The summed E-state index contributed by atoms with van der Waals surface area (Å²) in [5.41, 5.74) is 0.519. The molecule has 0 saturated carbocycles. The number of amides is 6. The average molecular weight is 815 g/mol. The Morgan fingerprint density at radius 3 is 1.32 bits per heavy atom. The fourth-order valence-electron chi connectivity index (χ4n) is 4.66. The van der Waals surface area contributed by atoms with Crippen molar-refractivity contribution in [2.75, 3.05) is 5.75 Å². The first kappa shape index (κ1) is 47.6. The summed E-state index contributed by atoms with van der Waals surface area (Å²) in [5.74, 6) is -13.8. The van der Waals surface area contributed by atoms with E-state index in [0.717, 1.165) is 0 Å². The van der Waals surface area contributed by atoms with E-state index in [1.807, 2.05) is 10.6 Å². The number of urea groups is 1. The van der Waals surface area contributed by atoms with Gasteiger partial charge in [0.1, 0.15) is 36.3 Å². The van der Waals surface area contributed by atoms with Crippen molar-refractivity contribution in [1.82, 2.24) is 31.9 Å². The molecule has 0 spiro atoms. The summed E-state index contributed by atoms with van der Waals surface area (Å²) in [6.07, 6.45) is -4.99. The normalized spacial score (nSPS) is 13.8. The molecule has 0 saturated heterocycles. The van der Waals surface area contributed by atoms with Crippen LogP contribution in [0.1, 0.15) is 50.5 Å². The lowest BCUT2D eigenvalue weighted by molar-refractivity contribution is -0.143. The number of benzene rings is 1. The number of carboxylic acid groups (broad SMARTS) is 6. The fourth-order valence-corrected chi connectivity index (χ4v) is 4.90. The van der Waals surface area contributed by atoms with Gasteiger partial charge in [-0.15, -0.1) is 0 Å². The number of hydrogen-bond donors (Lipinski definition) is 13. The van der Waals surface area contributed by atoms with Gasteiger partial charge in [-0.1, -0.05) is 30.3 Å². The van der Waals surface area contributed by atoms with Crippen molar-refractivity contribution in [3.8, 4) is 0 Å². The maximum absolute atomic E-state index is 13.2. The standard InChI is InChI=1S/C32H42N6O17S/c39-22(10-7-17(29(49)50)37-32(55)38-18(30(51)52)8-11-24(41)42)33-16(28(47)48)6-9-23(40)34-20(13-25(43)44)27(46)35-19(12-15-4-2-1-3-5-15)26(45)36-21(14-56)31(53)54/h1-5,16-21,56H,6-14H2,(H,33,39)(H,34,40)(H,35,46)(H,36,45)(H,41,42)(H,43,44)(H,47,48)(H,49,50)(H,51,52)(H,53,54)(H2,37,38,55)/t16-,17-,18-,19-,20-,21-/m0/s1. The summed E-state index contributed by atoms with van der Waals surface area (Å²) in [6, 6.07) is -3.15. The summed E-state index contributed by atoms with van der Waals surface area (Å²) < 4.78 is 0. The lowest BCUT2D eigenvalue weighted by Gasteiger charge is -2.24. The number of carbonyl (C=O) groups is 11. The molecule has 0 fully saturated rings. The maximum Gasteiger partial charge on any atom is 0.327 e. The SMILES string of the molecule is O=C(O)CC[C@H](NC(=O)N[C@@H](CCC(=O)N[C@@H](CCC(=O)N[C@@H](CC(=O)O)C(=O)N[C@@H](Cc1ccccc1)C(=O)N[C@@H](CS)C(=O)O)C(=O)O)C(=O)O)C(=O)O. The fraction of sp³-hybridized carbons (Fsp3) is 0.469. The molecule has 0 aliphatic heterocycles. The van der Waals surface area contributed by atoms with Crippen LogP contribution >= 0.6 is 12.6 Å². The predicted octanol–water partition coefficient (Wildman–Crippen LogP) is -2.63. The van der Waals surface area contributed by atoms with Crippen molar-refractivity contribution in [3.63, 3.8) is 0 Å². The Morgan fingerprint density at radius 1 is 0.482 bits per heavy atom. The minimum absolute atomic E-state index is 0.179. The molecule has 1 aromatic rings. The minimum atomic E-state index is -1.82. The Balaban J connectivity index is 2.92. The molecule has 1 aromatic carbocycles. The summed E-state index contributed by atoms with van der Waals surface area (Å²) in [6.45, 7) is 0. The predicted molar refractivity (Wildman–Crippen MR) is 189 cm³/mol. The highest BCUT2D eigenvalue weighted by Crippen LogP contribution is 2.08. The van der Waals surface area contributed by atoms with E-state index in [0.29, 0.717) is 5.56 Å². The van der Waals surface area contributed by atoms with Crippen molar-refractivity contribution in [2.24, 2.45) is 0 Å². The van der Waals surface area contributed by atoms with Crippen LogP contribution in [0.3, 0.4) is 0 Å². The molecule has 6 amide bonds. The molecule has 23 nitrogen and oxygen atoms in total. The molecule has 0 radical (unpaired) electrons. The molecule has 308 valence electrons. The first-order chi connectivity index (χ1) is 26.2. The number of nitrogens with one attached hydrogen (secondary N) is 6. The number of carboxylic acids is 6. The van der Waals surface area contributed by atoms with Crippen LogP contribution in [0.15, 0.2) is 30.3 Å². The third kappa shape index (κ3) is 18.5. The molecule has 12 N–H and O–H groups in total. The van der Waals surface area contributed by atoms with Gasteiger partial charge in [0.2, 0.25) is 23.6 Å². The van der Waals surface area contributed by atoms with E-state index in [-0.39, 0.29) is 12.2 Å². The first-order valence-corrected chi connectivity index (χ1v) is 17.1. The van der Waals surface area contributed by atoms with E-state index in [2.05, 4.69) is 33.9 Å². The lowest BCUT2D eigenvalue weighted by Crippen LogP contribution is -2.57. The average Bonchev–Trinajstić information content (AvgIpc) is 3.11. The van der Waals surface area contributed by atoms with Crippen molar-refractivity contribution >= 4 is 78.1 Å². The number of aliphatic carboxylic acids is 6. The Kier molecular flexibility index (Phi) is 20.4. The van der Waals surface area contributed by atoms with E-state index in [1.165, 1.54) is 0 Å². The van der Waals surface area contributed by atoms with Crippen molar-refractivity contribution in [2.45, 2.75) is 87.6 Å². The third-order valence-electron chi connectivity index (χ3n) is 7.55. The Hall–Kier alpha value is -6.46. The van der Waals surface area contributed by atoms with Gasteiger partial charge in [-0.05, 0) is 24.8 Å². The summed E-state index contributed by atoms with van der Waals surface area (Å²) in [5, 5.41) is 68.1. The van der Waals surface area contributed by atoms with Crippen LogP contribution in [-0.4, -0.2) is 138 Å². The molecule has 0 unspecified atom stereocenters. The van der Waals surface area contributed by atoms with Crippen LogP contribution in [-0.2, 0) is 54.4 Å². The quantitative estimate of drug-likeness (QED) is 0.0426. The number of hydrogen-bond acceptors (Lipinski definition) is 12. The maximum atomic E-state index is 13.2. The Labute approximate surface area is 322 Å². The van der Waals surface area contributed by atoms with Crippen LogP contribution in [0.2, 0.25) is 0 Å². The largest absolute Gasteiger partial charge is 0.481 e. The van der Waals surface area contributed by atoms with E-state index < -0.39 is 147 Å². The molecule has 0 heterocycles. The number of thiol groups is 1. The monoisotopic (exact) mass is 814 g/mol. The molecular formula is C32H42N6O17S. The third-order valence-corrected chi connectivity index (χ3v) is 7.92. The highest BCUT2D eigenvalue weighted by molar-refractivity contribution is 7.80. The number of carbonyl (C=O) groups excluding carboxylic acids is 5. The van der Waals surface area contributed by atoms with Gasteiger partial charge in [-0.3, -0.25) is 28.8 Å².